The average molecular weight is 183 g/mol. The number of benzene rings is 1. The highest BCUT2D eigenvalue weighted by atomic mass is 16.3. The lowest BCUT2D eigenvalue weighted by Crippen LogP contribution is -1.76. The molecule has 1 aliphatic carbocycles. The van der Waals surface area contributed by atoms with Gasteiger partial charge in [0.25, 0.3) is 0 Å². The van der Waals surface area contributed by atoms with Gasteiger partial charge in [-0.05, 0) is 18.6 Å². The van der Waals surface area contributed by atoms with E-state index < -0.39 is 0 Å². The second-order valence-electron chi connectivity index (χ2n) is 3.28. The predicted molar refractivity (Wildman–Crippen MR) is 55.7 cm³/mol. The number of fused-ring (bicyclic) bond motifs is 1. The maximum Gasteiger partial charge on any atom is 0.226 e. The summed E-state index contributed by atoms with van der Waals surface area (Å²) in [4.78, 5) is 4.41. The Morgan fingerprint density at radius 3 is 2.93 bits per heavy atom. The normalized spacial score (nSPS) is 15.0. The fraction of sp³-hybridized carbons (Fsp3) is 0.0833. The summed E-state index contributed by atoms with van der Waals surface area (Å²) < 4.78 is 5.62. The van der Waals surface area contributed by atoms with Gasteiger partial charge in [0.15, 0.2) is 5.58 Å². The minimum absolute atomic E-state index is 0.722. The monoisotopic (exact) mass is 183 g/mol. The molecule has 0 radical (unpaired) electrons. The second kappa shape index (κ2) is 2.84. The molecule has 14 heavy (non-hydrogen) atoms. The van der Waals surface area contributed by atoms with E-state index in [0.717, 1.165) is 29.0 Å². The molecule has 2 aromatic rings. The summed E-state index contributed by atoms with van der Waals surface area (Å²) >= 11 is 0. The number of nitrogens with zero attached hydrogens (tertiary/aromatic N) is 1. The van der Waals surface area contributed by atoms with Crippen molar-refractivity contribution in [2.45, 2.75) is 6.42 Å². The van der Waals surface area contributed by atoms with E-state index in [9.17, 15) is 0 Å². The van der Waals surface area contributed by atoms with Crippen LogP contribution in [0.15, 0.2) is 46.9 Å². The van der Waals surface area contributed by atoms with Crippen LogP contribution in [0.3, 0.4) is 0 Å². The molecular weight excluding hydrogens is 174 g/mol. The number of para-hydroxylation sites is 2. The summed E-state index contributed by atoms with van der Waals surface area (Å²) in [6.07, 6.45) is 7.24. The summed E-state index contributed by atoms with van der Waals surface area (Å²) in [6.45, 7) is 0. The van der Waals surface area contributed by atoms with Gasteiger partial charge in [-0.2, -0.15) is 0 Å². The molecule has 0 saturated heterocycles. The summed E-state index contributed by atoms with van der Waals surface area (Å²) in [6, 6.07) is 7.82. The van der Waals surface area contributed by atoms with Gasteiger partial charge in [0.05, 0.1) is 0 Å². The topological polar surface area (TPSA) is 26.0 Å². The molecule has 3 rings (SSSR count). The molecule has 0 amide bonds. The van der Waals surface area contributed by atoms with E-state index in [0.29, 0.717) is 0 Å². The maximum atomic E-state index is 5.62. The number of hydrogen-bond acceptors (Lipinski definition) is 2. The fourth-order valence-corrected chi connectivity index (χ4v) is 1.61. The van der Waals surface area contributed by atoms with Crippen molar-refractivity contribution in [1.82, 2.24) is 4.98 Å². The molecular formula is C12H9NO. The van der Waals surface area contributed by atoms with Gasteiger partial charge in [0.1, 0.15) is 5.52 Å². The fourth-order valence-electron chi connectivity index (χ4n) is 1.61. The van der Waals surface area contributed by atoms with Crippen LogP contribution in [0.5, 0.6) is 0 Å². The first-order valence-corrected chi connectivity index (χ1v) is 4.66. The average Bonchev–Trinajstić information content (AvgIpc) is 2.86. The number of allylic oxidation sites excluding steroid dienone is 4. The Labute approximate surface area is 81.6 Å². The van der Waals surface area contributed by atoms with Crippen LogP contribution in [0, 0.1) is 0 Å². The van der Waals surface area contributed by atoms with Crippen LogP contribution in [-0.4, -0.2) is 4.98 Å². The van der Waals surface area contributed by atoms with Gasteiger partial charge in [-0.1, -0.05) is 30.4 Å². The van der Waals surface area contributed by atoms with Gasteiger partial charge in [-0.25, -0.2) is 4.98 Å². The van der Waals surface area contributed by atoms with Crippen LogP contribution >= 0.6 is 0 Å². The molecule has 0 aliphatic heterocycles. The number of rotatable bonds is 1. The molecule has 1 aromatic heterocycles. The van der Waals surface area contributed by atoms with Crippen LogP contribution in [-0.2, 0) is 0 Å². The molecule has 0 bridgehead atoms. The molecule has 2 nitrogen and oxygen atoms in total. The van der Waals surface area contributed by atoms with E-state index >= 15 is 0 Å². The standard InChI is InChI=1S/C12H9NO/c1-2-6-9(5-1)12-13-10-7-3-4-8-11(10)14-12/h1,3-8H,2H2. The van der Waals surface area contributed by atoms with Gasteiger partial charge in [0.2, 0.25) is 5.89 Å². The second-order valence-corrected chi connectivity index (χ2v) is 3.28. The van der Waals surface area contributed by atoms with Crippen molar-refractivity contribution in [2.24, 2.45) is 0 Å². The van der Waals surface area contributed by atoms with Gasteiger partial charge in [-0.3, -0.25) is 0 Å². The third-order valence-electron chi connectivity index (χ3n) is 2.31. The Kier molecular flexibility index (Phi) is 1.53. The highest BCUT2D eigenvalue weighted by Gasteiger charge is 2.09. The summed E-state index contributed by atoms with van der Waals surface area (Å²) in [5.74, 6) is 0.722. The smallest absolute Gasteiger partial charge is 0.226 e. The first-order chi connectivity index (χ1) is 6.93. The Morgan fingerprint density at radius 1 is 1.21 bits per heavy atom. The van der Waals surface area contributed by atoms with E-state index in [1.54, 1.807) is 0 Å². The van der Waals surface area contributed by atoms with Crippen LogP contribution in [0.1, 0.15) is 12.3 Å². The van der Waals surface area contributed by atoms with Crippen LogP contribution in [0.25, 0.3) is 16.7 Å². The highest BCUT2D eigenvalue weighted by molar-refractivity contribution is 5.79. The first-order valence-electron chi connectivity index (χ1n) is 4.66. The minimum Gasteiger partial charge on any atom is -0.436 e. The van der Waals surface area contributed by atoms with E-state index in [2.05, 4.69) is 17.1 Å². The molecule has 0 unspecified atom stereocenters. The predicted octanol–water partition coefficient (Wildman–Crippen LogP) is 3.17. The van der Waals surface area contributed by atoms with Crippen molar-refractivity contribution in [1.29, 1.82) is 0 Å². The van der Waals surface area contributed by atoms with Crippen LogP contribution in [0.2, 0.25) is 0 Å². The van der Waals surface area contributed by atoms with Crippen molar-refractivity contribution in [3.05, 3.63) is 48.4 Å². The Morgan fingerprint density at radius 2 is 2.14 bits per heavy atom. The Balaban J connectivity index is 2.19. The van der Waals surface area contributed by atoms with Gasteiger partial charge in [0, 0.05) is 5.57 Å². The minimum atomic E-state index is 0.722. The highest BCUT2D eigenvalue weighted by Crippen LogP contribution is 2.24. The van der Waals surface area contributed by atoms with Gasteiger partial charge in [-0.15, -0.1) is 0 Å². The molecule has 2 heteroatoms. The zero-order valence-corrected chi connectivity index (χ0v) is 7.60. The van der Waals surface area contributed by atoms with E-state index in [1.807, 2.05) is 30.3 Å². The number of oxazole rings is 1. The van der Waals surface area contributed by atoms with Crippen molar-refractivity contribution in [3.8, 4) is 0 Å². The molecule has 68 valence electrons. The van der Waals surface area contributed by atoms with E-state index in [1.165, 1.54) is 0 Å². The summed E-state index contributed by atoms with van der Waals surface area (Å²) in [5, 5.41) is 0. The molecule has 0 spiro atoms. The van der Waals surface area contributed by atoms with Crippen molar-refractivity contribution in [3.63, 3.8) is 0 Å². The third kappa shape index (κ3) is 1.08. The SMILES string of the molecule is C1=CC(c2nc3ccccc3o2)=CC1. The molecule has 1 aliphatic rings. The van der Waals surface area contributed by atoms with Crippen LogP contribution in [0.4, 0.5) is 0 Å². The lowest BCUT2D eigenvalue weighted by Gasteiger charge is -1.88. The number of hydrogen-bond donors (Lipinski definition) is 0. The Hall–Kier alpha value is -1.83. The van der Waals surface area contributed by atoms with Gasteiger partial charge >= 0.3 is 0 Å². The largest absolute Gasteiger partial charge is 0.436 e. The van der Waals surface area contributed by atoms with Crippen LogP contribution < -0.4 is 0 Å². The Bertz CT molecular complexity index is 501. The van der Waals surface area contributed by atoms with E-state index in [4.69, 9.17) is 4.42 Å². The zero-order valence-electron chi connectivity index (χ0n) is 7.60. The molecule has 0 N–H and O–H groups in total. The quantitative estimate of drug-likeness (QED) is 0.678. The molecule has 0 fully saturated rings. The van der Waals surface area contributed by atoms with Crippen molar-refractivity contribution in [2.75, 3.05) is 0 Å². The molecule has 1 aromatic carbocycles. The maximum absolute atomic E-state index is 5.62. The first kappa shape index (κ1) is 7.56. The van der Waals surface area contributed by atoms with Crippen molar-refractivity contribution >= 4 is 16.7 Å². The summed E-state index contributed by atoms with van der Waals surface area (Å²) in [5.41, 5.74) is 2.86. The summed E-state index contributed by atoms with van der Waals surface area (Å²) in [7, 11) is 0. The molecule has 1 heterocycles. The zero-order chi connectivity index (χ0) is 9.38. The molecule has 0 saturated carbocycles. The molecule has 0 atom stereocenters. The van der Waals surface area contributed by atoms with Gasteiger partial charge < -0.3 is 4.42 Å². The van der Waals surface area contributed by atoms with Crippen molar-refractivity contribution < 1.29 is 4.42 Å². The third-order valence-corrected chi connectivity index (χ3v) is 2.31. The lowest BCUT2D eigenvalue weighted by molar-refractivity contribution is 0.586. The number of aromatic nitrogens is 1. The lowest BCUT2D eigenvalue weighted by atomic mass is 10.3. The van der Waals surface area contributed by atoms with E-state index in [-0.39, 0.29) is 0 Å².